The SMILES string of the molecule is O=C1C[C@@H](Sc2nc3ccccc3s2)C(=O)N1c1ccccc1I. The molecule has 1 saturated heterocycles. The number of nitrogens with zero attached hydrogens (tertiary/aromatic N) is 2. The van der Waals surface area contributed by atoms with Crippen molar-refractivity contribution < 1.29 is 9.59 Å². The molecule has 2 amide bonds. The molecule has 2 aromatic carbocycles. The highest BCUT2D eigenvalue weighted by atomic mass is 127. The number of para-hydroxylation sites is 2. The van der Waals surface area contributed by atoms with Gasteiger partial charge in [-0.15, -0.1) is 11.3 Å². The zero-order valence-corrected chi connectivity index (χ0v) is 16.1. The molecule has 2 heterocycles. The van der Waals surface area contributed by atoms with E-state index >= 15 is 0 Å². The highest BCUT2D eigenvalue weighted by Gasteiger charge is 2.41. The van der Waals surface area contributed by atoms with Gasteiger partial charge in [0.05, 0.1) is 15.9 Å². The summed E-state index contributed by atoms with van der Waals surface area (Å²) in [5, 5.41) is -0.408. The molecule has 7 heteroatoms. The van der Waals surface area contributed by atoms with E-state index in [2.05, 4.69) is 27.6 Å². The van der Waals surface area contributed by atoms with E-state index in [9.17, 15) is 9.59 Å². The van der Waals surface area contributed by atoms with Crippen LogP contribution < -0.4 is 4.90 Å². The van der Waals surface area contributed by atoms with Gasteiger partial charge in [0.2, 0.25) is 11.8 Å². The first kappa shape index (κ1) is 16.0. The minimum absolute atomic E-state index is 0.150. The lowest BCUT2D eigenvalue weighted by atomic mass is 10.3. The summed E-state index contributed by atoms with van der Waals surface area (Å²) in [4.78, 5) is 31.0. The first-order valence-corrected chi connectivity index (χ1v) is 10.0. The van der Waals surface area contributed by atoms with E-state index in [4.69, 9.17) is 0 Å². The van der Waals surface area contributed by atoms with Crippen LogP contribution in [-0.2, 0) is 9.59 Å². The second kappa shape index (κ2) is 6.45. The molecule has 1 aliphatic heterocycles. The Kier molecular flexibility index (Phi) is 4.31. The summed E-state index contributed by atoms with van der Waals surface area (Å²) in [5.41, 5.74) is 1.59. The molecule has 4 rings (SSSR count). The van der Waals surface area contributed by atoms with Gasteiger partial charge in [-0.25, -0.2) is 9.88 Å². The molecule has 0 saturated carbocycles. The molecule has 1 fully saturated rings. The van der Waals surface area contributed by atoms with Gasteiger partial charge in [-0.1, -0.05) is 36.0 Å². The zero-order valence-electron chi connectivity index (χ0n) is 12.3. The molecule has 0 unspecified atom stereocenters. The quantitative estimate of drug-likeness (QED) is 0.426. The van der Waals surface area contributed by atoms with E-state index in [1.165, 1.54) is 16.7 Å². The zero-order chi connectivity index (χ0) is 16.7. The van der Waals surface area contributed by atoms with Crippen LogP contribution in [-0.4, -0.2) is 22.0 Å². The third-order valence-electron chi connectivity index (χ3n) is 3.72. The van der Waals surface area contributed by atoms with E-state index in [1.54, 1.807) is 11.3 Å². The normalized spacial score (nSPS) is 17.9. The summed E-state index contributed by atoms with van der Waals surface area (Å²) in [6.07, 6.45) is 0.213. The summed E-state index contributed by atoms with van der Waals surface area (Å²) >= 11 is 5.09. The molecule has 4 nitrogen and oxygen atoms in total. The predicted octanol–water partition coefficient (Wildman–Crippen LogP) is 4.33. The molecule has 24 heavy (non-hydrogen) atoms. The number of thioether (sulfide) groups is 1. The number of carbonyl (C=O) groups excluding carboxylic acids is 2. The van der Waals surface area contributed by atoms with Crippen LogP contribution in [0.1, 0.15) is 6.42 Å². The lowest BCUT2D eigenvalue weighted by molar-refractivity contribution is -0.121. The molecule has 120 valence electrons. The minimum Gasteiger partial charge on any atom is -0.274 e. The number of halogens is 1. The fourth-order valence-corrected chi connectivity index (χ4v) is 5.57. The lowest BCUT2D eigenvalue weighted by Gasteiger charge is -2.16. The Balaban J connectivity index is 1.60. The number of benzene rings is 2. The Labute approximate surface area is 160 Å². The summed E-state index contributed by atoms with van der Waals surface area (Å²) in [6, 6.07) is 15.3. The van der Waals surface area contributed by atoms with Gasteiger partial charge >= 0.3 is 0 Å². The number of imide groups is 1. The molecule has 0 N–H and O–H groups in total. The number of hydrogen-bond donors (Lipinski definition) is 0. The van der Waals surface area contributed by atoms with Gasteiger partial charge in [-0.3, -0.25) is 9.59 Å². The second-order valence-electron chi connectivity index (χ2n) is 5.28. The van der Waals surface area contributed by atoms with Crippen molar-refractivity contribution in [3.8, 4) is 0 Å². The molecule has 1 atom stereocenters. The summed E-state index contributed by atoms with van der Waals surface area (Å²) in [7, 11) is 0. The summed E-state index contributed by atoms with van der Waals surface area (Å²) < 4.78 is 2.81. The number of thiazole rings is 1. The number of hydrogen-bond acceptors (Lipinski definition) is 5. The molecule has 0 radical (unpaired) electrons. The van der Waals surface area contributed by atoms with Crippen molar-refractivity contribution in [2.75, 3.05) is 4.90 Å². The van der Waals surface area contributed by atoms with Crippen LogP contribution in [0.5, 0.6) is 0 Å². The smallest absolute Gasteiger partial charge is 0.247 e. The highest BCUT2D eigenvalue weighted by molar-refractivity contribution is 14.1. The van der Waals surface area contributed by atoms with Gasteiger partial charge in [-0.2, -0.15) is 0 Å². The maximum Gasteiger partial charge on any atom is 0.247 e. The average molecular weight is 466 g/mol. The van der Waals surface area contributed by atoms with Crippen molar-refractivity contribution in [3.63, 3.8) is 0 Å². The number of rotatable bonds is 3. The number of carbonyl (C=O) groups is 2. The van der Waals surface area contributed by atoms with Gasteiger partial charge in [-0.05, 0) is 46.9 Å². The molecule has 0 bridgehead atoms. The first-order chi connectivity index (χ1) is 11.6. The molecule has 1 aliphatic rings. The van der Waals surface area contributed by atoms with Crippen molar-refractivity contribution in [3.05, 3.63) is 52.1 Å². The Morgan fingerprint density at radius 1 is 1.12 bits per heavy atom. The van der Waals surface area contributed by atoms with Crippen LogP contribution >= 0.6 is 45.7 Å². The molecule has 0 spiro atoms. The van der Waals surface area contributed by atoms with E-state index < -0.39 is 5.25 Å². The first-order valence-electron chi connectivity index (χ1n) is 7.27. The van der Waals surface area contributed by atoms with Crippen molar-refractivity contribution in [1.29, 1.82) is 0 Å². The largest absolute Gasteiger partial charge is 0.274 e. The van der Waals surface area contributed by atoms with Gasteiger partial charge in [0.1, 0.15) is 5.25 Å². The Morgan fingerprint density at radius 3 is 2.67 bits per heavy atom. The number of fused-ring (bicyclic) bond motifs is 1. The topological polar surface area (TPSA) is 50.3 Å². The van der Waals surface area contributed by atoms with Crippen LogP contribution in [0.4, 0.5) is 5.69 Å². The van der Waals surface area contributed by atoms with E-state index in [0.29, 0.717) is 5.69 Å². The fraction of sp³-hybridized carbons (Fsp3) is 0.118. The van der Waals surface area contributed by atoms with Gasteiger partial charge in [0.25, 0.3) is 0 Å². The maximum absolute atomic E-state index is 12.7. The van der Waals surface area contributed by atoms with Gasteiger partial charge < -0.3 is 0 Å². The Hall–Kier alpha value is -1.45. The molecule has 3 aromatic rings. The Morgan fingerprint density at radius 2 is 1.88 bits per heavy atom. The third kappa shape index (κ3) is 2.84. The lowest BCUT2D eigenvalue weighted by Crippen LogP contribution is -2.31. The second-order valence-corrected chi connectivity index (χ2v) is 8.92. The van der Waals surface area contributed by atoms with Crippen molar-refractivity contribution in [1.82, 2.24) is 4.98 Å². The van der Waals surface area contributed by atoms with Crippen molar-refractivity contribution >= 4 is 73.4 Å². The van der Waals surface area contributed by atoms with E-state index in [-0.39, 0.29) is 18.2 Å². The summed E-state index contributed by atoms with van der Waals surface area (Å²) in [6.45, 7) is 0. The molecular weight excluding hydrogens is 455 g/mol. The fourth-order valence-electron chi connectivity index (χ4n) is 2.61. The molecule has 0 aliphatic carbocycles. The van der Waals surface area contributed by atoms with Gasteiger partial charge in [0.15, 0.2) is 4.34 Å². The number of anilines is 1. The Bertz CT molecular complexity index is 923. The van der Waals surface area contributed by atoms with Crippen LogP contribution in [0, 0.1) is 3.57 Å². The summed E-state index contributed by atoms with van der Waals surface area (Å²) in [5.74, 6) is -0.309. The monoisotopic (exact) mass is 466 g/mol. The van der Waals surface area contributed by atoms with Crippen LogP contribution in [0.15, 0.2) is 52.9 Å². The number of aromatic nitrogens is 1. The van der Waals surface area contributed by atoms with Gasteiger partial charge in [0, 0.05) is 9.99 Å². The molecular formula is C17H11IN2O2S2. The number of amides is 2. The van der Waals surface area contributed by atoms with Crippen LogP contribution in [0.3, 0.4) is 0 Å². The van der Waals surface area contributed by atoms with Crippen molar-refractivity contribution in [2.45, 2.75) is 16.0 Å². The van der Waals surface area contributed by atoms with E-state index in [1.807, 2.05) is 48.5 Å². The van der Waals surface area contributed by atoms with Crippen molar-refractivity contribution in [2.24, 2.45) is 0 Å². The average Bonchev–Trinajstić information content (AvgIpc) is 3.09. The molecule has 1 aromatic heterocycles. The standard InChI is InChI=1S/C17H11IN2O2S2/c18-10-5-1-3-7-12(10)20-15(21)9-14(16(20)22)24-17-19-11-6-2-4-8-13(11)23-17/h1-8,14H,9H2/t14-/m1/s1. The maximum atomic E-state index is 12.7. The van der Waals surface area contributed by atoms with Crippen LogP contribution in [0.2, 0.25) is 0 Å². The van der Waals surface area contributed by atoms with Crippen LogP contribution in [0.25, 0.3) is 10.2 Å². The predicted molar refractivity (Wildman–Crippen MR) is 106 cm³/mol. The highest BCUT2D eigenvalue weighted by Crippen LogP contribution is 2.38. The van der Waals surface area contributed by atoms with E-state index in [0.717, 1.165) is 18.1 Å². The minimum atomic E-state index is -0.408. The third-order valence-corrected chi connectivity index (χ3v) is 6.94.